The van der Waals surface area contributed by atoms with Gasteiger partial charge in [0.2, 0.25) is 0 Å². The van der Waals surface area contributed by atoms with Gasteiger partial charge in [-0.2, -0.15) is 0 Å². The summed E-state index contributed by atoms with van der Waals surface area (Å²) in [6.45, 7) is 1.23. The molecule has 2 aromatic carbocycles. The number of carbonyl (C=O) groups is 1. The molecule has 3 aromatic rings. The van der Waals surface area contributed by atoms with E-state index in [0.29, 0.717) is 29.5 Å². The zero-order valence-electron chi connectivity index (χ0n) is 15.3. The van der Waals surface area contributed by atoms with Gasteiger partial charge in [-0.1, -0.05) is 41.1 Å². The number of amides is 1. The van der Waals surface area contributed by atoms with Crippen LogP contribution in [0.2, 0.25) is 5.02 Å². The Balaban J connectivity index is 1.41. The summed E-state index contributed by atoms with van der Waals surface area (Å²) in [6.07, 6.45) is 1.89. The molecule has 1 N–H and O–H groups in total. The van der Waals surface area contributed by atoms with Crippen LogP contribution >= 0.6 is 23.4 Å². The Labute approximate surface area is 172 Å². The number of hydrogen-bond acceptors (Lipinski definition) is 5. The highest BCUT2D eigenvalue weighted by Gasteiger charge is 2.27. The summed E-state index contributed by atoms with van der Waals surface area (Å²) in [7, 11) is 0. The third kappa shape index (κ3) is 4.06. The first-order chi connectivity index (χ1) is 13.6. The van der Waals surface area contributed by atoms with E-state index in [1.165, 1.54) is 4.90 Å². The van der Waals surface area contributed by atoms with Crippen molar-refractivity contribution < 1.29 is 9.53 Å². The summed E-state index contributed by atoms with van der Waals surface area (Å²) in [5.41, 5.74) is 3.06. The van der Waals surface area contributed by atoms with E-state index in [2.05, 4.69) is 15.6 Å². The van der Waals surface area contributed by atoms with Crippen molar-refractivity contribution in [3.05, 3.63) is 76.1 Å². The average Bonchev–Trinajstić information content (AvgIpc) is 3.16. The fourth-order valence-electron chi connectivity index (χ4n) is 3.08. The molecule has 0 bridgehead atoms. The second-order valence-corrected chi connectivity index (χ2v) is 7.76. The summed E-state index contributed by atoms with van der Waals surface area (Å²) in [5, 5.41) is 11.8. The van der Waals surface area contributed by atoms with E-state index in [-0.39, 0.29) is 18.6 Å². The number of carbonyl (C=O) groups excluding carboxylic acids is 1. The predicted octanol–water partition coefficient (Wildman–Crippen LogP) is 3.85. The van der Waals surface area contributed by atoms with Gasteiger partial charge >= 0.3 is 0 Å². The van der Waals surface area contributed by atoms with Crippen LogP contribution in [0.4, 0.5) is 0 Å². The van der Waals surface area contributed by atoms with Crippen LogP contribution in [-0.2, 0) is 24.4 Å². The van der Waals surface area contributed by atoms with E-state index in [4.69, 9.17) is 16.3 Å². The van der Waals surface area contributed by atoms with Gasteiger partial charge in [-0.05, 0) is 41.6 Å². The third-order valence-corrected chi connectivity index (χ3v) is 5.66. The summed E-state index contributed by atoms with van der Waals surface area (Å²) >= 11 is 7.63. The van der Waals surface area contributed by atoms with Crippen LogP contribution in [0.15, 0.2) is 53.4 Å². The smallest absolute Gasteiger partial charge is 0.274 e. The van der Waals surface area contributed by atoms with Gasteiger partial charge in [0.25, 0.3) is 5.91 Å². The van der Waals surface area contributed by atoms with Gasteiger partial charge in [-0.25, -0.2) is 4.68 Å². The minimum Gasteiger partial charge on any atom is -0.365 e. The van der Waals surface area contributed by atoms with Gasteiger partial charge in [0.15, 0.2) is 5.69 Å². The molecule has 1 aliphatic heterocycles. The number of aromatic nitrogens is 3. The van der Waals surface area contributed by atoms with Crippen molar-refractivity contribution in [3.63, 3.8) is 0 Å². The predicted molar refractivity (Wildman–Crippen MR) is 108 cm³/mol. The van der Waals surface area contributed by atoms with Gasteiger partial charge in [-0.15, -0.1) is 16.9 Å². The minimum atomic E-state index is -0.247. The number of nitrogens with one attached hydrogen (secondary N) is 1. The molecule has 0 fully saturated rings. The summed E-state index contributed by atoms with van der Waals surface area (Å²) in [5.74, 6) is -0.247. The van der Waals surface area contributed by atoms with Crippen molar-refractivity contribution in [1.29, 1.82) is 0 Å². The molecule has 2 heterocycles. The Morgan fingerprint density at radius 3 is 2.71 bits per heavy atom. The van der Waals surface area contributed by atoms with Crippen LogP contribution in [0.3, 0.4) is 0 Å². The van der Waals surface area contributed by atoms with Gasteiger partial charge in [0, 0.05) is 16.5 Å². The molecular formula is C20H19ClN4O2S. The Bertz CT molecular complexity index is 973. The molecule has 28 heavy (non-hydrogen) atoms. The van der Waals surface area contributed by atoms with Crippen molar-refractivity contribution in [2.45, 2.75) is 30.7 Å². The van der Waals surface area contributed by atoms with Crippen LogP contribution in [0.5, 0.6) is 0 Å². The normalized spacial score (nSPS) is 15.9. The maximum atomic E-state index is 12.6. The highest BCUT2D eigenvalue weighted by Crippen LogP contribution is 2.27. The van der Waals surface area contributed by atoms with Gasteiger partial charge in [0.05, 0.1) is 18.8 Å². The summed E-state index contributed by atoms with van der Waals surface area (Å²) in [6, 6.07) is 15.6. The zero-order valence-corrected chi connectivity index (χ0v) is 16.8. The summed E-state index contributed by atoms with van der Waals surface area (Å²) < 4.78 is 7.68. The molecule has 1 amide bonds. The van der Waals surface area contributed by atoms with Crippen molar-refractivity contribution in [2.24, 2.45) is 0 Å². The van der Waals surface area contributed by atoms with Gasteiger partial charge in [-0.3, -0.25) is 4.79 Å². The summed E-state index contributed by atoms with van der Waals surface area (Å²) in [4.78, 5) is 13.8. The molecule has 4 rings (SSSR count). The topological polar surface area (TPSA) is 69.0 Å². The van der Waals surface area contributed by atoms with Crippen LogP contribution in [0.25, 0.3) is 0 Å². The molecule has 6 nitrogen and oxygen atoms in total. The molecule has 0 saturated heterocycles. The monoisotopic (exact) mass is 414 g/mol. The second-order valence-electron chi connectivity index (χ2n) is 6.45. The number of fused-ring (bicyclic) bond motifs is 1. The molecular weight excluding hydrogens is 396 g/mol. The lowest BCUT2D eigenvalue weighted by atomic mass is 10.1. The maximum absolute atomic E-state index is 12.6. The van der Waals surface area contributed by atoms with Crippen molar-refractivity contribution >= 4 is 29.3 Å². The Hall–Kier alpha value is -2.35. The molecule has 1 aromatic heterocycles. The average molecular weight is 415 g/mol. The molecule has 0 radical (unpaired) electrons. The lowest BCUT2D eigenvalue weighted by Gasteiger charge is -2.24. The van der Waals surface area contributed by atoms with Crippen LogP contribution < -0.4 is 5.32 Å². The number of ether oxygens (including phenoxy) is 1. The van der Waals surface area contributed by atoms with E-state index in [0.717, 1.165) is 11.1 Å². The molecule has 0 saturated carbocycles. The van der Waals surface area contributed by atoms with E-state index in [1.807, 2.05) is 54.8 Å². The molecule has 8 heteroatoms. The maximum Gasteiger partial charge on any atom is 0.274 e. The SMILES string of the molecule is CSc1ccc(CNC(=O)c2nnn3c2CO[C@@H](c2ccc(Cl)cc2)C3)cc1. The number of benzene rings is 2. The van der Waals surface area contributed by atoms with Crippen molar-refractivity contribution in [3.8, 4) is 0 Å². The van der Waals surface area contributed by atoms with Crippen LogP contribution in [0.1, 0.15) is 33.4 Å². The molecule has 144 valence electrons. The zero-order chi connectivity index (χ0) is 19.5. The fraction of sp³-hybridized carbons (Fsp3) is 0.250. The molecule has 1 atom stereocenters. The van der Waals surface area contributed by atoms with Crippen LogP contribution in [-0.4, -0.2) is 27.2 Å². The standard InChI is InChI=1S/C20H19ClN4O2S/c1-28-16-8-2-13(3-9-16)10-22-20(26)19-17-12-27-18(11-25(17)24-23-19)14-4-6-15(21)7-5-14/h2-9,18H,10-12H2,1H3,(H,22,26)/t18-/m1/s1. The molecule has 1 aliphatic rings. The second kappa shape index (κ2) is 8.34. The number of nitrogens with zero attached hydrogens (tertiary/aromatic N) is 3. The Morgan fingerprint density at radius 1 is 1.25 bits per heavy atom. The third-order valence-electron chi connectivity index (χ3n) is 4.67. The first-order valence-electron chi connectivity index (χ1n) is 8.84. The largest absolute Gasteiger partial charge is 0.365 e. The number of rotatable bonds is 5. The van der Waals surface area contributed by atoms with Crippen LogP contribution in [0, 0.1) is 0 Å². The van der Waals surface area contributed by atoms with Gasteiger partial charge in [0.1, 0.15) is 6.10 Å². The van der Waals surface area contributed by atoms with Crippen molar-refractivity contribution in [1.82, 2.24) is 20.3 Å². The lowest BCUT2D eigenvalue weighted by molar-refractivity contribution is -0.00176. The van der Waals surface area contributed by atoms with E-state index in [9.17, 15) is 4.79 Å². The minimum absolute atomic E-state index is 0.141. The fourth-order valence-corrected chi connectivity index (χ4v) is 3.61. The molecule has 0 aliphatic carbocycles. The lowest BCUT2D eigenvalue weighted by Crippen LogP contribution is -2.27. The highest BCUT2D eigenvalue weighted by molar-refractivity contribution is 7.98. The quantitative estimate of drug-likeness (QED) is 0.642. The van der Waals surface area contributed by atoms with Gasteiger partial charge < -0.3 is 10.1 Å². The van der Waals surface area contributed by atoms with Crippen molar-refractivity contribution in [2.75, 3.05) is 6.26 Å². The molecule has 0 spiro atoms. The number of thioether (sulfide) groups is 1. The number of hydrogen-bond donors (Lipinski definition) is 1. The molecule has 0 unspecified atom stereocenters. The Morgan fingerprint density at radius 2 is 2.00 bits per heavy atom. The Kier molecular flexibility index (Phi) is 5.66. The van der Waals surface area contributed by atoms with E-state index in [1.54, 1.807) is 16.4 Å². The highest BCUT2D eigenvalue weighted by atomic mass is 35.5. The number of halogens is 1. The van der Waals surface area contributed by atoms with E-state index < -0.39 is 0 Å². The first kappa shape index (κ1) is 19.0. The first-order valence-corrected chi connectivity index (χ1v) is 10.4. The van der Waals surface area contributed by atoms with E-state index >= 15 is 0 Å².